The predicted molar refractivity (Wildman–Crippen MR) is 82.9 cm³/mol. The Hall–Kier alpha value is -0.290. The van der Waals surface area contributed by atoms with Crippen molar-refractivity contribution >= 4 is 0 Å². The van der Waals surface area contributed by atoms with E-state index >= 15 is 0 Å². The van der Waals surface area contributed by atoms with Crippen LogP contribution in [0.5, 0.6) is 5.75 Å². The molecule has 0 amide bonds. The minimum absolute atomic E-state index is 0. The van der Waals surface area contributed by atoms with Crippen LogP contribution in [0.15, 0.2) is 24.3 Å². The van der Waals surface area contributed by atoms with Crippen LogP contribution < -0.4 is 28.7 Å². The first kappa shape index (κ1) is 19.7. The zero-order valence-corrected chi connectivity index (χ0v) is 15.5. The van der Waals surface area contributed by atoms with E-state index in [1.807, 2.05) is 12.1 Å². The zero-order valence-electron chi connectivity index (χ0n) is 13.4. The second-order valence-electron chi connectivity index (χ2n) is 5.25. The van der Waals surface area contributed by atoms with Gasteiger partial charge in [-0.3, -0.25) is 0 Å². The van der Waals surface area contributed by atoms with E-state index < -0.39 is 0 Å². The van der Waals surface area contributed by atoms with E-state index in [9.17, 15) is 0 Å². The first-order valence-corrected chi connectivity index (χ1v) is 7.60. The van der Waals surface area contributed by atoms with Gasteiger partial charge in [0.05, 0.1) is 6.61 Å². The summed E-state index contributed by atoms with van der Waals surface area (Å²) in [5.41, 5.74) is 1.28. The quantitative estimate of drug-likeness (QED) is 0.465. The molecular weight excluding hydrogens is 361 g/mol. The van der Waals surface area contributed by atoms with Gasteiger partial charge in [0, 0.05) is 6.04 Å². The van der Waals surface area contributed by atoms with Crippen molar-refractivity contribution in [2.45, 2.75) is 53.0 Å². The molecular formula is C17H29INO-. The van der Waals surface area contributed by atoms with Gasteiger partial charge in [-0.25, -0.2) is 0 Å². The predicted octanol–water partition coefficient (Wildman–Crippen LogP) is 1.28. The summed E-state index contributed by atoms with van der Waals surface area (Å²) in [7, 11) is 0. The average molecular weight is 390 g/mol. The topological polar surface area (TPSA) is 12.5 Å². The summed E-state index contributed by atoms with van der Waals surface area (Å²) >= 11 is 0. The highest BCUT2D eigenvalue weighted by molar-refractivity contribution is 5.26. The third kappa shape index (κ3) is 7.48. The second-order valence-corrected chi connectivity index (χ2v) is 5.25. The molecule has 0 radical (unpaired) electrons. The molecule has 0 bridgehead atoms. The third-order valence-corrected chi connectivity index (χ3v) is 3.75. The Balaban J connectivity index is 0.00000361. The monoisotopic (exact) mass is 390 g/mol. The van der Waals surface area contributed by atoms with Crippen molar-refractivity contribution in [3.63, 3.8) is 0 Å². The van der Waals surface area contributed by atoms with Crippen LogP contribution in [0.4, 0.5) is 0 Å². The first-order chi connectivity index (χ1) is 9.17. The molecule has 1 atom stereocenters. The highest BCUT2D eigenvalue weighted by atomic mass is 127. The molecule has 1 rings (SSSR count). The molecule has 1 unspecified atom stereocenters. The number of rotatable bonds is 9. The number of nitrogens with zero attached hydrogens (tertiary/aromatic N) is 1. The lowest BCUT2D eigenvalue weighted by molar-refractivity contribution is -0.00000480. The molecule has 0 aromatic heterocycles. The molecule has 0 heterocycles. The van der Waals surface area contributed by atoms with Crippen molar-refractivity contribution in [1.82, 2.24) is 4.90 Å². The molecule has 3 heteroatoms. The molecule has 0 N–H and O–H groups in total. The Morgan fingerprint density at radius 2 is 1.75 bits per heavy atom. The van der Waals surface area contributed by atoms with Crippen molar-refractivity contribution in [2.75, 3.05) is 19.7 Å². The molecule has 20 heavy (non-hydrogen) atoms. The maximum atomic E-state index is 5.74. The van der Waals surface area contributed by atoms with Crippen LogP contribution >= 0.6 is 0 Å². The molecule has 1 aromatic carbocycles. The molecule has 0 spiro atoms. The van der Waals surface area contributed by atoms with E-state index in [-0.39, 0.29) is 24.0 Å². The Labute approximate surface area is 141 Å². The van der Waals surface area contributed by atoms with Crippen LogP contribution in [-0.4, -0.2) is 30.6 Å². The van der Waals surface area contributed by atoms with Crippen LogP contribution in [0.1, 0.15) is 45.6 Å². The molecule has 0 saturated heterocycles. The maximum absolute atomic E-state index is 5.74. The summed E-state index contributed by atoms with van der Waals surface area (Å²) in [5.74, 6) is 0.986. The van der Waals surface area contributed by atoms with Gasteiger partial charge in [-0.2, -0.15) is 0 Å². The lowest BCUT2D eigenvalue weighted by Crippen LogP contribution is -3.00. The number of aryl methyl sites for hydroxylation is 1. The molecule has 0 saturated carbocycles. The standard InChI is InChI=1S/C17H29NO.HI/c1-5-16(4)18(6-2)13-7-8-14-19-17-11-9-15(3)10-12-17;/h9-12,16H,5-8,13-14H2,1-4H3;1H/p-1. The highest BCUT2D eigenvalue weighted by Gasteiger charge is 2.08. The average Bonchev–Trinajstić information content (AvgIpc) is 2.44. The maximum Gasteiger partial charge on any atom is 0.119 e. The van der Waals surface area contributed by atoms with Gasteiger partial charge in [0.25, 0.3) is 0 Å². The lowest BCUT2D eigenvalue weighted by atomic mass is 10.2. The van der Waals surface area contributed by atoms with Crippen LogP contribution in [0.3, 0.4) is 0 Å². The molecule has 116 valence electrons. The fraction of sp³-hybridized carbons (Fsp3) is 0.647. The van der Waals surface area contributed by atoms with E-state index in [1.54, 1.807) is 0 Å². The summed E-state index contributed by atoms with van der Waals surface area (Å²) in [6, 6.07) is 8.98. The molecule has 0 fully saturated rings. The van der Waals surface area contributed by atoms with Crippen LogP contribution in [-0.2, 0) is 0 Å². The van der Waals surface area contributed by atoms with Gasteiger partial charge in [0.2, 0.25) is 0 Å². The number of hydrogen-bond acceptors (Lipinski definition) is 2. The number of unbranched alkanes of at least 4 members (excludes halogenated alkanes) is 1. The summed E-state index contributed by atoms with van der Waals surface area (Å²) in [6.45, 7) is 12.1. The Kier molecular flexibility index (Phi) is 11.2. The van der Waals surface area contributed by atoms with Gasteiger partial charge >= 0.3 is 0 Å². The Morgan fingerprint density at radius 3 is 2.30 bits per heavy atom. The summed E-state index contributed by atoms with van der Waals surface area (Å²) in [5, 5.41) is 0. The smallest absolute Gasteiger partial charge is 0.119 e. The number of benzene rings is 1. The third-order valence-electron chi connectivity index (χ3n) is 3.75. The number of halogens is 1. The van der Waals surface area contributed by atoms with Crippen LogP contribution in [0, 0.1) is 6.92 Å². The van der Waals surface area contributed by atoms with Crippen molar-refractivity contribution in [1.29, 1.82) is 0 Å². The van der Waals surface area contributed by atoms with E-state index in [0.29, 0.717) is 6.04 Å². The number of hydrogen-bond donors (Lipinski definition) is 0. The van der Waals surface area contributed by atoms with Crippen molar-refractivity contribution in [2.24, 2.45) is 0 Å². The Morgan fingerprint density at radius 1 is 1.10 bits per heavy atom. The fourth-order valence-corrected chi connectivity index (χ4v) is 2.19. The number of ether oxygens (including phenoxy) is 1. The zero-order chi connectivity index (χ0) is 14.1. The molecule has 0 aliphatic heterocycles. The van der Waals surface area contributed by atoms with Gasteiger partial charge in [-0.1, -0.05) is 31.5 Å². The largest absolute Gasteiger partial charge is 1.00 e. The minimum atomic E-state index is 0. The summed E-state index contributed by atoms with van der Waals surface area (Å²) in [4.78, 5) is 2.55. The molecule has 0 aliphatic rings. The Bertz CT molecular complexity index is 339. The van der Waals surface area contributed by atoms with E-state index in [2.05, 4.69) is 44.7 Å². The van der Waals surface area contributed by atoms with Crippen LogP contribution in [0.2, 0.25) is 0 Å². The normalized spacial score (nSPS) is 12.1. The lowest BCUT2D eigenvalue weighted by Gasteiger charge is -2.26. The summed E-state index contributed by atoms with van der Waals surface area (Å²) < 4.78 is 5.74. The van der Waals surface area contributed by atoms with Gasteiger partial charge in [0.1, 0.15) is 5.75 Å². The molecule has 2 nitrogen and oxygen atoms in total. The van der Waals surface area contributed by atoms with Gasteiger partial charge in [-0.15, -0.1) is 0 Å². The highest BCUT2D eigenvalue weighted by Crippen LogP contribution is 2.12. The SMILES string of the molecule is CCC(C)N(CC)CCCCOc1ccc(C)cc1.[I-]. The van der Waals surface area contributed by atoms with E-state index in [0.717, 1.165) is 25.3 Å². The van der Waals surface area contributed by atoms with Gasteiger partial charge in [-0.05, 0) is 58.3 Å². The molecule has 1 aromatic rings. The fourth-order valence-electron chi connectivity index (χ4n) is 2.19. The van der Waals surface area contributed by atoms with Crippen molar-refractivity contribution < 1.29 is 28.7 Å². The van der Waals surface area contributed by atoms with Crippen molar-refractivity contribution in [3.8, 4) is 5.75 Å². The van der Waals surface area contributed by atoms with Crippen molar-refractivity contribution in [3.05, 3.63) is 29.8 Å². The minimum Gasteiger partial charge on any atom is -1.00 e. The first-order valence-electron chi connectivity index (χ1n) is 7.60. The van der Waals surface area contributed by atoms with Crippen LogP contribution in [0.25, 0.3) is 0 Å². The van der Waals surface area contributed by atoms with E-state index in [4.69, 9.17) is 4.74 Å². The van der Waals surface area contributed by atoms with Gasteiger partial charge < -0.3 is 33.6 Å². The second kappa shape index (κ2) is 11.4. The summed E-state index contributed by atoms with van der Waals surface area (Å²) in [6.07, 6.45) is 3.57. The van der Waals surface area contributed by atoms with Gasteiger partial charge in [0.15, 0.2) is 0 Å². The van der Waals surface area contributed by atoms with E-state index in [1.165, 1.54) is 24.9 Å². The molecule has 0 aliphatic carbocycles.